The van der Waals surface area contributed by atoms with Crippen molar-refractivity contribution in [3.63, 3.8) is 0 Å². The summed E-state index contributed by atoms with van der Waals surface area (Å²) >= 11 is 0. The molecule has 7 rings (SSSR count). The van der Waals surface area contributed by atoms with Gasteiger partial charge in [-0.05, 0) is 50.4 Å². The van der Waals surface area contributed by atoms with Gasteiger partial charge < -0.3 is 20.9 Å². The molecule has 1 aliphatic heterocycles. The molecule has 3 N–H and O–H groups in total. The van der Waals surface area contributed by atoms with E-state index in [-0.39, 0.29) is 16.8 Å². The Morgan fingerprint density at radius 2 is 1.87 bits per heavy atom. The van der Waals surface area contributed by atoms with Crippen molar-refractivity contribution in [2.24, 2.45) is 5.92 Å². The fraction of sp³-hybridized carbons (Fsp3) is 0.455. The van der Waals surface area contributed by atoms with E-state index in [0.29, 0.717) is 17.4 Å². The summed E-state index contributed by atoms with van der Waals surface area (Å²) in [6.45, 7) is 4.11. The number of hydrogen-bond acceptors (Lipinski definition) is 8. The van der Waals surface area contributed by atoms with Crippen molar-refractivity contribution < 1.29 is 0 Å². The van der Waals surface area contributed by atoms with Crippen molar-refractivity contribution >= 4 is 34.2 Å². The molecule has 0 atom stereocenters. The van der Waals surface area contributed by atoms with Crippen LogP contribution in [0.5, 0.6) is 0 Å². The highest BCUT2D eigenvalue weighted by atomic mass is 16.1. The smallest absolute Gasteiger partial charge is 0.275 e. The second kappa shape index (κ2) is 6.65. The summed E-state index contributed by atoms with van der Waals surface area (Å²) in [6, 6.07) is 5.69. The van der Waals surface area contributed by atoms with Gasteiger partial charge in [-0.1, -0.05) is 0 Å². The molecule has 3 aliphatic carbocycles. The Labute approximate surface area is 179 Å². The van der Waals surface area contributed by atoms with Crippen LogP contribution in [0.15, 0.2) is 35.4 Å². The van der Waals surface area contributed by atoms with Crippen LogP contribution >= 0.6 is 0 Å². The molecule has 2 bridgehead atoms. The zero-order valence-corrected chi connectivity index (χ0v) is 17.6. The van der Waals surface area contributed by atoms with Crippen LogP contribution in [0.25, 0.3) is 11.0 Å². The van der Waals surface area contributed by atoms with Gasteiger partial charge in [0.25, 0.3) is 5.56 Å². The number of likely N-dealkylation sites (N-methyl/N-ethyl adjacent to an activating group) is 1. The van der Waals surface area contributed by atoms with E-state index in [1.807, 2.05) is 16.8 Å². The zero-order valence-electron chi connectivity index (χ0n) is 17.6. The molecule has 31 heavy (non-hydrogen) atoms. The number of nitrogens with two attached hydrogens (primary N) is 1. The van der Waals surface area contributed by atoms with Crippen LogP contribution in [0.1, 0.15) is 19.3 Å². The largest absolute Gasteiger partial charge is 0.394 e. The second-order valence-corrected chi connectivity index (χ2v) is 9.23. The van der Waals surface area contributed by atoms with E-state index in [1.54, 1.807) is 12.3 Å². The molecule has 3 saturated carbocycles. The molecular formula is C22H26N8O. The van der Waals surface area contributed by atoms with Gasteiger partial charge in [-0.3, -0.25) is 9.36 Å². The number of nitrogens with one attached hydrogen (secondary N) is 1. The Hall–Kier alpha value is -3.20. The molecule has 4 aliphatic rings. The molecule has 4 fully saturated rings. The number of piperazine rings is 1. The number of fused-ring (bicyclic) bond motifs is 1. The Bertz CT molecular complexity index is 1200. The third kappa shape index (κ3) is 2.95. The van der Waals surface area contributed by atoms with Crippen LogP contribution in [-0.4, -0.2) is 57.6 Å². The Morgan fingerprint density at radius 3 is 2.52 bits per heavy atom. The van der Waals surface area contributed by atoms with Gasteiger partial charge in [0.15, 0.2) is 0 Å². The predicted molar refractivity (Wildman–Crippen MR) is 121 cm³/mol. The number of rotatable bonds is 4. The lowest BCUT2D eigenvalue weighted by atomic mass is 9.49. The molecule has 9 heteroatoms. The minimum absolute atomic E-state index is 0.108. The SMILES string of the molecule is CN1CCN(c2ccc(Nc3ncc4cc(N)c(=O)n(C56CC(C5)C6)c4n3)nc2)CC1. The molecule has 4 heterocycles. The quantitative estimate of drug-likeness (QED) is 0.661. The van der Waals surface area contributed by atoms with Gasteiger partial charge in [0.1, 0.15) is 11.5 Å². The molecule has 1 saturated heterocycles. The summed E-state index contributed by atoms with van der Waals surface area (Å²) in [5.74, 6) is 1.84. The average molecular weight is 419 g/mol. The third-order valence-electron chi connectivity index (χ3n) is 7.11. The van der Waals surface area contributed by atoms with Crippen LogP contribution in [0.3, 0.4) is 0 Å². The predicted octanol–water partition coefficient (Wildman–Crippen LogP) is 1.77. The summed E-state index contributed by atoms with van der Waals surface area (Å²) in [6.07, 6.45) is 6.71. The molecule has 0 spiro atoms. The molecular weight excluding hydrogens is 392 g/mol. The monoisotopic (exact) mass is 418 g/mol. The second-order valence-electron chi connectivity index (χ2n) is 9.23. The molecule has 0 amide bonds. The van der Waals surface area contributed by atoms with E-state index in [9.17, 15) is 4.79 Å². The summed E-state index contributed by atoms with van der Waals surface area (Å²) in [5.41, 5.74) is 7.76. The van der Waals surface area contributed by atoms with Crippen LogP contribution < -0.4 is 21.5 Å². The first-order valence-electron chi connectivity index (χ1n) is 10.9. The van der Waals surface area contributed by atoms with E-state index in [2.05, 4.69) is 38.2 Å². The number of hydrogen-bond donors (Lipinski definition) is 2. The molecule has 0 aromatic carbocycles. The van der Waals surface area contributed by atoms with Crippen LogP contribution in [-0.2, 0) is 5.54 Å². The van der Waals surface area contributed by atoms with Crippen LogP contribution in [0.4, 0.5) is 23.1 Å². The average Bonchev–Trinajstić information content (AvgIpc) is 2.71. The molecule has 3 aromatic rings. The van der Waals surface area contributed by atoms with E-state index in [0.717, 1.165) is 62.4 Å². The van der Waals surface area contributed by atoms with Gasteiger partial charge in [0.05, 0.1) is 23.1 Å². The van der Waals surface area contributed by atoms with E-state index >= 15 is 0 Å². The summed E-state index contributed by atoms with van der Waals surface area (Å²) in [7, 11) is 2.15. The van der Waals surface area contributed by atoms with E-state index in [4.69, 9.17) is 10.7 Å². The fourth-order valence-electron chi connectivity index (χ4n) is 5.15. The summed E-state index contributed by atoms with van der Waals surface area (Å²) < 4.78 is 1.81. The molecule has 0 unspecified atom stereocenters. The number of nitrogen functional groups attached to an aromatic ring is 1. The first kappa shape index (κ1) is 18.6. The molecule has 160 valence electrons. The maximum absolute atomic E-state index is 12.9. The summed E-state index contributed by atoms with van der Waals surface area (Å²) in [4.78, 5) is 31.2. The van der Waals surface area contributed by atoms with Crippen molar-refractivity contribution in [1.29, 1.82) is 0 Å². The van der Waals surface area contributed by atoms with E-state index in [1.165, 1.54) is 0 Å². The van der Waals surface area contributed by atoms with Crippen LogP contribution in [0, 0.1) is 5.92 Å². The first-order chi connectivity index (χ1) is 15.0. The van der Waals surface area contributed by atoms with E-state index < -0.39 is 0 Å². The van der Waals surface area contributed by atoms with Gasteiger partial charge in [0.2, 0.25) is 5.95 Å². The topological polar surface area (TPSA) is 105 Å². The standard InChI is InChI=1S/C22H26N8O/c1-28-4-6-29(7-5-28)16-2-3-18(24-13-16)26-21-25-12-15-8-17(23)20(31)30(19(15)27-21)22-9-14(10-22)11-22/h2-3,8,12-14H,4-7,9-11,23H2,1H3,(H,24,25,26,27). The Morgan fingerprint density at radius 1 is 1.10 bits per heavy atom. The Balaban J connectivity index is 1.29. The third-order valence-corrected chi connectivity index (χ3v) is 7.11. The fourth-order valence-corrected chi connectivity index (χ4v) is 5.15. The Kier molecular flexibility index (Phi) is 3.98. The van der Waals surface area contributed by atoms with Crippen molar-refractivity contribution in [3.05, 3.63) is 40.9 Å². The lowest BCUT2D eigenvalue weighted by molar-refractivity contribution is -0.0882. The van der Waals surface area contributed by atoms with Gasteiger partial charge in [-0.2, -0.15) is 4.98 Å². The highest BCUT2D eigenvalue weighted by Gasteiger charge is 2.59. The van der Waals surface area contributed by atoms with Crippen molar-refractivity contribution in [2.45, 2.75) is 24.8 Å². The molecule has 3 aromatic heterocycles. The summed E-state index contributed by atoms with van der Waals surface area (Å²) in [5, 5.41) is 3.97. The van der Waals surface area contributed by atoms with Crippen LogP contribution in [0.2, 0.25) is 0 Å². The van der Waals surface area contributed by atoms with Crippen molar-refractivity contribution in [3.8, 4) is 0 Å². The van der Waals surface area contributed by atoms with Gasteiger partial charge >= 0.3 is 0 Å². The van der Waals surface area contributed by atoms with Crippen molar-refractivity contribution in [2.75, 3.05) is 49.2 Å². The lowest BCUT2D eigenvalue weighted by Gasteiger charge is -2.62. The van der Waals surface area contributed by atoms with Crippen molar-refractivity contribution in [1.82, 2.24) is 24.4 Å². The van der Waals surface area contributed by atoms with Gasteiger partial charge in [0, 0.05) is 37.8 Å². The number of anilines is 4. The van der Waals surface area contributed by atoms with Gasteiger partial charge in [-0.15, -0.1) is 0 Å². The first-order valence-corrected chi connectivity index (χ1v) is 10.9. The number of pyridine rings is 2. The highest BCUT2D eigenvalue weighted by Crippen LogP contribution is 2.62. The normalized spacial score (nSPS) is 25.2. The highest BCUT2D eigenvalue weighted by molar-refractivity contribution is 5.79. The number of nitrogens with zero attached hydrogens (tertiary/aromatic N) is 6. The zero-order chi connectivity index (χ0) is 21.2. The maximum Gasteiger partial charge on any atom is 0.275 e. The lowest BCUT2D eigenvalue weighted by Crippen LogP contribution is -2.62. The number of aromatic nitrogens is 4. The minimum Gasteiger partial charge on any atom is -0.394 e. The molecule has 9 nitrogen and oxygen atoms in total. The minimum atomic E-state index is -0.148. The molecule has 0 radical (unpaired) electrons. The van der Waals surface area contributed by atoms with Gasteiger partial charge in [-0.25, -0.2) is 9.97 Å². The maximum atomic E-state index is 12.9.